The summed E-state index contributed by atoms with van der Waals surface area (Å²) < 4.78 is 27.6. The van der Waals surface area contributed by atoms with Crippen molar-refractivity contribution in [3.63, 3.8) is 0 Å². The van der Waals surface area contributed by atoms with Crippen LogP contribution in [0.3, 0.4) is 0 Å². The molecule has 0 bridgehead atoms. The number of anilines is 2. The van der Waals surface area contributed by atoms with Gasteiger partial charge in [-0.2, -0.15) is 0 Å². The van der Waals surface area contributed by atoms with Crippen LogP contribution in [0.25, 0.3) is 0 Å². The van der Waals surface area contributed by atoms with E-state index in [0.29, 0.717) is 24.3 Å². The molecule has 9 heteroatoms. The van der Waals surface area contributed by atoms with Crippen LogP contribution < -0.4 is 9.62 Å². The largest absolute Gasteiger partial charge is 0.312 e. The molecular formula is C18H19N3O5S. The Bertz CT molecular complexity index is 1000. The second-order valence-corrected chi connectivity index (χ2v) is 7.89. The Kier molecular flexibility index (Phi) is 5.13. The molecule has 2 aromatic carbocycles. The van der Waals surface area contributed by atoms with E-state index in [9.17, 15) is 23.3 Å². The van der Waals surface area contributed by atoms with Crippen LogP contribution in [0.1, 0.15) is 25.3 Å². The first kappa shape index (κ1) is 18.8. The second kappa shape index (κ2) is 7.36. The number of hydrogen-bond donors (Lipinski definition) is 1. The molecule has 142 valence electrons. The molecule has 1 N–H and O–H groups in total. The number of nitro benzene ring substituents is 1. The summed E-state index contributed by atoms with van der Waals surface area (Å²) in [7, 11) is -4.00. The van der Waals surface area contributed by atoms with Crippen LogP contribution in [0.4, 0.5) is 17.1 Å². The third-order valence-corrected chi connectivity index (χ3v) is 5.78. The summed E-state index contributed by atoms with van der Waals surface area (Å²) in [5.74, 6) is -0.0189. The minimum atomic E-state index is -4.00. The normalized spacial score (nSPS) is 13.7. The predicted molar refractivity (Wildman–Crippen MR) is 101 cm³/mol. The molecular weight excluding hydrogens is 370 g/mol. The maximum atomic E-state index is 12.6. The van der Waals surface area contributed by atoms with Crippen LogP contribution in [0.5, 0.6) is 0 Å². The molecule has 0 fully saturated rings. The zero-order valence-electron chi connectivity index (χ0n) is 14.7. The number of sulfonamides is 1. The van der Waals surface area contributed by atoms with E-state index in [1.807, 2.05) is 0 Å². The Morgan fingerprint density at radius 2 is 2.04 bits per heavy atom. The monoisotopic (exact) mass is 389 g/mol. The molecule has 0 aliphatic carbocycles. The molecule has 1 amide bonds. The van der Waals surface area contributed by atoms with Gasteiger partial charge in [0.15, 0.2) is 0 Å². The van der Waals surface area contributed by atoms with Gasteiger partial charge in [0.2, 0.25) is 5.91 Å². The molecule has 2 aromatic rings. The molecule has 0 aromatic heterocycles. The van der Waals surface area contributed by atoms with Gasteiger partial charge in [0.1, 0.15) is 0 Å². The maximum absolute atomic E-state index is 12.6. The van der Waals surface area contributed by atoms with Crippen molar-refractivity contribution in [2.45, 2.75) is 31.1 Å². The third-order valence-electron chi connectivity index (χ3n) is 4.40. The average molecular weight is 389 g/mol. The predicted octanol–water partition coefficient (Wildman–Crippen LogP) is 3.08. The highest BCUT2D eigenvalue weighted by molar-refractivity contribution is 7.92. The van der Waals surface area contributed by atoms with Crippen molar-refractivity contribution in [3.8, 4) is 0 Å². The van der Waals surface area contributed by atoms with Gasteiger partial charge in [-0.25, -0.2) is 8.42 Å². The average Bonchev–Trinajstić information content (AvgIpc) is 2.66. The van der Waals surface area contributed by atoms with Crippen LogP contribution >= 0.6 is 0 Å². The number of nitrogens with one attached hydrogen (secondary N) is 1. The lowest BCUT2D eigenvalue weighted by Crippen LogP contribution is -2.35. The van der Waals surface area contributed by atoms with E-state index >= 15 is 0 Å². The minimum Gasteiger partial charge on any atom is -0.312 e. The molecule has 0 saturated carbocycles. The highest BCUT2D eigenvalue weighted by Gasteiger charge is 2.23. The molecule has 1 aliphatic heterocycles. The number of aryl methyl sites for hydroxylation is 1. The van der Waals surface area contributed by atoms with Gasteiger partial charge in [-0.05, 0) is 36.6 Å². The summed E-state index contributed by atoms with van der Waals surface area (Å²) in [6.45, 7) is 2.38. The fourth-order valence-electron chi connectivity index (χ4n) is 3.07. The highest BCUT2D eigenvalue weighted by atomic mass is 32.2. The number of carbonyl (C=O) groups excluding carboxylic acids is 1. The Morgan fingerprint density at radius 3 is 2.74 bits per heavy atom. The van der Waals surface area contributed by atoms with Crippen molar-refractivity contribution < 1.29 is 18.1 Å². The number of benzene rings is 2. The molecule has 0 radical (unpaired) electrons. The molecule has 0 saturated heterocycles. The van der Waals surface area contributed by atoms with Crippen molar-refractivity contribution in [2.75, 3.05) is 16.2 Å². The van der Waals surface area contributed by atoms with Gasteiger partial charge in [-0.15, -0.1) is 0 Å². The lowest BCUT2D eigenvalue weighted by molar-refractivity contribution is -0.385. The Hall–Kier alpha value is -2.94. The summed E-state index contributed by atoms with van der Waals surface area (Å²) in [6.07, 6.45) is 2.04. The standard InChI is InChI=1S/C18H19N3O5S/c1-2-18(22)20-10-4-5-13-8-9-14(11-17(13)20)19-27(25,26)16-7-3-6-15(12-16)21(23)24/h3,6-9,11-12,19H,2,4-5,10H2,1H3. The summed E-state index contributed by atoms with van der Waals surface area (Å²) in [5.41, 5.74) is 1.69. The van der Waals surface area contributed by atoms with Gasteiger partial charge < -0.3 is 4.90 Å². The van der Waals surface area contributed by atoms with Crippen molar-refractivity contribution >= 4 is 33.0 Å². The fraction of sp³-hybridized carbons (Fsp3) is 0.278. The quantitative estimate of drug-likeness (QED) is 0.624. The van der Waals surface area contributed by atoms with Crippen molar-refractivity contribution in [3.05, 3.63) is 58.1 Å². The van der Waals surface area contributed by atoms with E-state index in [0.717, 1.165) is 24.5 Å². The van der Waals surface area contributed by atoms with Gasteiger partial charge in [-0.1, -0.05) is 19.1 Å². The molecule has 1 aliphatic rings. The van der Waals surface area contributed by atoms with E-state index in [-0.39, 0.29) is 16.5 Å². The number of rotatable bonds is 5. The first-order valence-corrected chi connectivity index (χ1v) is 10.0. The number of amides is 1. The van der Waals surface area contributed by atoms with E-state index in [4.69, 9.17) is 0 Å². The molecule has 0 unspecified atom stereocenters. The van der Waals surface area contributed by atoms with E-state index in [1.165, 1.54) is 18.2 Å². The number of carbonyl (C=O) groups is 1. The third kappa shape index (κ3) is 3.92. The lowest BCUT2D eigenvalue weighted by Gasteiger charge is -2.29. The number of hydrogen-bond acceptors (Lipinski definition) is 5. The molecule has 27 heavy (non-hydrogen) atoms. The SMILES string of the molecule is CCC(=O)N1CCCc2ccc(NS(=O)(=O)c3cccc([N+](=O)[O-])c3)cc21. The highest BCUT2D eigenvalue weighted by Crippen LogP contribution is 2.31. The maximum Gasteiger partial charge on any atom is 0.270 e. The van der Waals surface area contributed by atoms with Crippen LogP contribution in [-0.2, 0) is 21.2 Å². The summed E-state index contributed by atoms with van der Waals surface area (Å²) in [5, 5.41) is 10.9. The van der Waals surface area contributed by atoms with Gasteiger partial charge in [0, 0.05) is 30.8 Å². The van der Waals surface area contributed by atoms with Gasteiger partial charge in [-0.3, -0.25) is 19.6 Å². The fourth-order valence-corrected chi connectivity index (χ4v) is 4.16. The van der Waals surface area contributed by atoms with Crippen LogP contribution in [0.15, 0.2) is 47.4 Å². The topological polar surface area (TPSA) is 110 Å². The lowest BCUT2D eigenvalue weighted by atomic mass is 10.0. The smallest absolute Gasteiger partial charge is 0.270 e. The number of nitrogens with zero attached hydrogens (tertiary/aromatic N) is 2. The van der Waals surface area contributed by atoms with Crippen LogP contribution in [-0.4, -0.2) is 25.8 Å². The van der Waals surface area contributed by atoms with Crippen LogP contribution in [0, 0.1) is 10.1 Å². The first-order valence-electron chi connectivity index (χ1n) is 8.52. The summed E-state index contributed by atoms with van der Waals surface area (Å²) >= 11 is 0. The summed E-state index contributed by atoms with van der Waals surface area (Å²) in [4.78, 5) is 23.9. The van der Waals surface area contributed by atoms with E-state index in [2.05, 4.69) is 4.72 Å². The zero-order chi connectivity index (χ0) is 19.6. The van der Waals surface area contributed by atoms with Gasteiger partial charge >= 0.3 is 0 Å². The van der Waals surface area contributed by atoms with E-state index < -0.39 is 14.9 Å². The molecule has 1 heterocycles. The first-order chi connectivity index (χ1) is 12.8. The number of nitro groups is 1. The Labute approximate surface area is 157 Å². The van der Waals surface area contributed by atoms with Crippen molar-refractivity contribution in [1.29, 1.82) is 0 Å². The van der Waals surface area contributed by atoms with E-state index in [1.54, 1.807) is 30.0 Å². The molecule has 0 spiro atoms. The second-order valence-electron chi connectivity index (χ2n) is 6.21. The van der Waals surface area contributed by atoms with Gasteiger partial charge in [0.05, 0.1) is 15.5 Å². The molecule has 8 nitrogen and oxygen atoms in total. The van der Waals surface area contributed by atoms with Crippen LogP contribution in [0.2, 0.25) is 0 Å². The zero-order valence-corrected chi connectivity index (χ0v) is 15.5. The van der Waals surface area contributed by atoms with Crippen molar-refractivity contribution in [2.24, 2.45) is 0 Å². The van der Waals surface area contributed by atoms with Crippen molar-refractivity contribution in [1.82, 2.24) is 0 Å². The van der Waals surface area contributed by atoms with Gasteiger partial charge in [0.25, 0.3) is 15.7 Å². The molecule has 0 atom stereocenters. The number of non-ortho nitro benzene ring substituents is 1. The molecule has 3 rings (SSSR count). The Balaban J connectivity index is 1.93. The minimum absolute atomic E-state index is 0.0189. The Morgan fingerprint density at radius 1 is 1.26 bits per heavy atom. The number of fused-ring (bicyclic) bond motifs is 1. The summed E-state index contributed by atoms with van der Waals surface area (Å²) in [6, 6.07) is 9.92.